The Morgan fingerprint density at radius 2 is 1.95 bits per heavy atom. The predicted octanol–water partition coefficient (Wildman–Crippen LogP) is 2.30. The minimum atomic E-state index is -0.167. The van der Waals surface area contributed by atoms with Crippen LogP contribution in [0.25, 0.3) is 22.4 Å². The zero-order valence-corrected chi connectivity index (χ0v) is 10.8. The summed E-state index contributed by atoms with van der Waals surface area (Å²) >= 11 is 0. The molecule has 0 radical (unpaired) electrons. The number of hydrogen-bond donors (Lipinski definition) is 3. The summed E-state index contributed by atoms with van der Waals surface area (Å²) in [7, 11) is 1.59. The number of carbonyl (C=O) groups excluding carboxylic acids is 1. The van der Waals surface area contributed by atoms with Crippen LogP contribution in [0.2, 0.25) is 0 Å². The molecule has 20 heavy (non-hydrogen) atoms. The Hall–Kier alpha value is -2.82. The smallest absolute Gasteiger partial charge is 0.253 e. The van der Waals surface area contributed by atoms with Crippen molar-refractivity contribution < 1.29 is 9.90 Å². The molecule has 0 unspecified atom stereocenters. The minimum Gasteiger partial charge on any atom is -0.508 e. The van der Waals surface area contributed by atoms with Gasteiger partial charge in [-0.05, 0) is 36.4 Å². The molecular weight excluding hydrogens is 254 g/mol. The number of imidazole rings is 1. The molecule has 0 saturated carbocycles. The number of para-hydroxylation sites is 1. The van der Waals surface area contributed by atoms with Gasteiger partial charge in [-0.25, -0.2) is 4.98 Å². The molecule has 100 valence electrons. The number of fused-ring (bicyclic) bond motifs is 1. The summed E-state index contributed by atoms with van der Waals surface area (Å²) < 4.78 is 0. The third kappa shape index (κ3) is 1.99. The number of amides is 1. The van der Waals surface area contributed by atoms with Gasteiger partial charge in [0.2, 0.25) is 0 Å². The van der Waals surface area contributed by atoms with Crippen molar-refractivity contribution in [3.05, 3.63) is 48.0 Å². The Morgan fingerprint density at radius 1 is 1.20 bits per heavy atom. The SMILES string of the molecule is CNC(=O)c1cccc2[nH]c(-c3ccc(O)cc3)nc12. The number of rotatable bonds is 2. The number of nitrogens with zero attached hydrogens (tertiary/aromatic N) is 1. The number of phenols is 1. The van der Waals surface area contributed by atoms with Crippen molar-refractivity contribution in [3.63, 3.8) is 0 Å². The lowest BCUT2D eigenvalue weighted by atomic mass is 10.2. The Bertz CT molecular complexity index is 775. The van der Waals surface area contributed by atoms with Crippen molar-refractivity contribution in [2.24, 2.45) is 0 Å². The summed E-state index contributed by atoms with van der Waals surface area (Å²) in [4.78, 5) is 19.5. The molecule has 0 aliphatic rings. The number of phenolic OH excluding ortho intramolecular Hbond substituents is 1. The van der Waals surface area contributed by atoms with E-state index in [1.54, 1.807) is 37.4 Å². The van der Waals surface area contributed by atoms with Gasteiger partial charge in [-0.15, -0.1) is 0 Å². The zero-order chi connectivity index (χ0) is 14.1. The fourth-order valence-electron chi connectivity index (χ4n) is 2.11. The third-order valence-electron chi connectivity index (χ3n) is 3.13. The topological polar surface area (TPSA) is 78.0 Å². The highest BCUT2D eigenvalue weighted by atomic mass is 16.3. The van der Waals surface area contributed by atoms with Gasteiger partial charge in [0.25, 0.3) is 5.91 Å². The monoisotopic (exact) mass is 267 g/mol. The number of aromatic hydroxyl groups is 1. The van der Waals surface area contributed by atoms with Crippen LogP contribution in [0.4, 0.5) is 0 Å². The summed E-state index contributed by atoms with van der Waals surface area (Å²) in [6, 6.07) is 12.2. The van der Waals surface area contributed by atoms with E-state index in [-0.39, 0.29) is 11.7 Å². The first-order chi connectivity index (χ1) is 9.69. The Morgan fingerprint density at radius 3 is 2.65 bits per heavy atom. The van der Waals surface area contributed by atoms with Gasteiger partial charge >= 0.3 is 0 Å². The Labute approximate surface area is 115 Å². The fraction of sp³-hybridized carbons (Fsp3) is 0.0667. The standard InChI is InChI=1S/C15H13N3O2/c1-16-15(20)11-3-2-4-12-13(11)18-14(17-12)9-5-7-10(19)8-6-9/h2-8,19H,1H3,(H,16,20)(H,17,18). The molecule has 1 amide bonds. The van der Waals surface area contributed by atoms with Gasteiger partial charge < -0.3 is 15.4 Å². The first-order valence-electron chi connectivity index (χ1n) is 6.19. The molecule has 3 aromatic rings. The van der Waals surface area contributed by atoms with E-state index in [0.717, 1.165) is 11.1 Å². The van der Waals surface area contributed by atoms with E-state index in [2.05, 4.69) is 15.3 Å². The van der Waals surface area contributed by atoms with Crippen LogP contribution in [0, 0.1) is 0 Å². The molecule has 0 atom stereocenters. The molecule has 1 heterocycles. The van der Waals surface area contributed by atoms with Crippen molar-refractivity contribution in [2.75, 3.05) is 7.05 Å². The molecule has 0 aliphatic carbocycles. The Balaban J connectivity index is 2.15. The van der Waals surface area contributed by atoms with Crippen LogP contribution in [0.5, 0.6) is 5.75 Å². The zero-order valence-electron chi connectivity index (χ0n) is 10.8. The van der Waals surface area contributed by atoms with Gasteiger partial charge in [-0.3, -0.25) is 4.79 Å². The molecule has 5 heteroatoms. The predicted molar refractivity (Wildman–Crippen MR) is 76.6 cm³/mol. The quantitative estimate of drug-likeness (QED) is 0.666. The van der Waals surface area contributed by atoms with Crippen LogP contribution in [0.3, 0.4) is 0 Å². The maximum Gasteiger partial charge on any atom is 0.253 e. The van der Waals surface area contributed by atoms with Crippen molar-refractivity contribution in [1.82, 2.24) is 15.3 Å². The maximum atomic E-state index is 11.8. The average molecular weight is 267 g/mol. The van der Waals surface area contributed by atoms with Crippen molar-refractivity contribution >= 4 is 16.9 Å². The first-order valence-corrected chi connectivity index (χ1v) is 6.19. The van der Waals surface area contributed by atoms with E-state index in [0.29, 0.717) is 16.9 Å². The summed E-state index contributed by atoms with van der Waals surface area (Å²) in [6.07, 6.45) is 0. The van der Waals surface area contributed by atoms with E-state index < -0.39 is 0 Å². The van der Waals surface area contributed by atoms with Crippen LogP contribution in [-0.2, 0) is 0 Å². The highest BCUT2D eigenvalue weighted by Gasteiger charge is 2.13. The van der Waals surface area contributed by atoms with Crippen molar-refractivity contribution in [3.8, 4) is 17.1 Å². The molecule has 0 aliphatic heterocycles. The van der Waals surface area contributed by atoms with Gasteiger partial charge in [0.15, 0.2) is 0 Å². The lowest BCUT2D eigenvalue weighted by Crippen LogP contribution is -2.18. The molecule has 0 fully saturated rings. The Kier molecular flexibility index (Phi) is 2.87. The number of aromatic nitrogens is 2. The largest absolute Gasteiger partial charge is 0.508 e. The summed E-state index contributed by atoms with van der Waals surface area (Å²) in [5.41, 5.74) is 2.82. The third-order valence-corrected chi connectivity index (χ3v) is 3.13. The number of hydrogen-bond acceptors (Lipinski definition) is 3. The minimum absolute atomic E-state index is 0.167. The summed E-state index contributed by atoms with van der Waals surface area (Å²) in [6.45, 7) is 0. The number of benzene rings is 2. The van der Waals surface area contributed by atoms with Crippen molar-refractivity contribution in [2.45, 2.75) is 0 Å². The average Bonchev–Trinajstić information content (AvgIpc) is 2.91. The van der Waals surface area contributed by atoms with Crippen LogP contribution < -0.4 is 5.32 Å². The van der Waals surface area contributed by atoms with Crippen LogP contribution >= 0.6 is 0 Å². The van der Waals surface area contributed by atoms with E-state index >= 15 is 0 Å². The van der Waals surface area contributed by atoms with Crippen LogP contribution in [0.15, 0.2) is 42.5 Å². The normalized spacial score (nSPS) is 10.7. The molecule has 3 rings (SSSR count). The second kappa shape index (κ2) is 4.70. The molecule has 1 aromatic heterocycles. The molecule has 3 N–H and O–H groups in total. The van der Waals surface area contributed by atoms with Gasteiger partial charge in [-0.2, -0.15) is 0 Å². The molecule has 0 bridgehead atoms. The van der Waals surface area contributed by atoms with E-state index in [1.165, 1.54) is 0 Å². The number of aromatic amines is 1. The highest BCUT2D eigenvalue weighted by Crippen LogP contribution is 2.24. The van der Waals surface area contributed by atoms with E-state index in [1.807, 2.05) is 12.1 Å². The number of carbonyl (C=O) groups is 1. The van der Waals surface area contributed by atoms with Gasteiger partial charge in [0.1, 0.15) is 17.1 Å². The fourth-order valence-corrected chi connectivity index (χ4v) is 2.11. The van der Waals surface area contributed by atoms with Crippen LogP contribution in [0.1, 0.15) is 10.4 Å². The van der Waals surface area contributed by atoms with E-state index in [9.17, 15) is 9.90 Å². The lowest BCUT2D eigenvalue weighted by molar-refractivity contribution is 0.0964. The molecule has 0 spiro atoms. The molecule has 0 saturated heterocycles. The summed E-state index contributed by atoms with van der Waals surface area (Å²) in [5.74, 6) is 0.701. The van der Waals surface area contributed by atoms with Crippen molar-refractivity contribution in [1.29, 1.82) is 0 Å². The molecular formula is C15H13N3O2. The van der Waals surface area contributed by atoms with Gasteiger partial charge in [0.05, 0.1) is 11.1 Å². The molecule has 5 nitrogen and oxygen atoms in total. The van der Waals surface area contributed by atoms with Gasteiger partial charge in [-0.1, -0.05) is 6.07 Å². The van der Waals surface area contributed by atoms with E-state index in [4.69, 9.17) is 0 Å². The molecule has 2 aromatic carbocycles. The highest BCUT2D eigenvalue weighted by molar-refractivity contribution is 6.05. The summed E-state index contributed by atoms with van der Waals surface area (Å²) in [5, 5.41) is 11.9. The number of H-pyrrole nitrogens is 1. The second-order valence-electron chi connectivity index (χ2n) is 4.41. The van der Waals surface area contributed by atoms with Gasteiger partial charge in [0, 0.05) is 12.6 Å². The first kappa shape index (κ1) is 12.2. The van der Waals surface area contributed by atoms with Crippen LogP contribution in [-0.4, -0.2) is 28.0 Å². The lowest BCUT2D eigenvalue weighted by Gasteiger charge is -1.99. The maximum absolute atomic E-state index is 11.8. The second-order valence-corrected chi connectivity index (χ2v) is 4.41. The number of nitrogens with one attached hydrogen (secondary N) is 2.